The van der Waals surface area contributed by atoms with Gasteiger partial charge >= 0.3 is 0 Å². The van der Waals surface area contributed by atoms with Crippen LogP contribution in [0.1, 0.15) is 40.5 Å². The van der Waals surface area contributed by atoms with E-state index in [4.69, 9.17) is 5.26 Å². The van der Waals surface area contributed by atoms with Gasteiger partial charge in [-0.1, -0.05) is 27.7 Å². The van der Waals surface area contributed by atoms with Crippen molar-refractivity contribution in [3.05, 3.63) is 0 Å². The van der Waals surface area contributed by atoms with Gasteiger partial charge in [0.25, 0.3) is 0 Å². The Morgan fingerprint density at radius 3 is 2.40 bits per heavy atom. The Bertz CT molecular complexity index is 230. The van der Waals surface area contributed by atoms with Gasteiger partial charge in [-0.05, 0) is 12.3 Å². The molecule has 0 aromatic carbocycles. The summed E-state index contributed by atoms with van der Waals surface area (Å²) in [6.45, 7) is 9.46. The number of nitriles is 1. The van der Waals surface area contributed by atoms with Gasteiger partial charge in [0.15, 0.2) is 0 Å². The van der Waals surface area contributed by atoms with E-state index in [0.29, 0.717) is 18.9 Å². The van der Waals surface area contributed by atoms with Crippen molar-refractivity contribution in [1.82, 2.24) is 4.90 Å². The SMILES string of the molecule is CCC(C)C(=O)N(CCC#N)CC(C)C. The van der Waals surface area contributed by atoms with Crippen LogP contribution in [-0.2, 0) is 4.79 Å². The summed E-state index contributed by atoms with van der Waals surface area (Å²) in [5.41, 5.74) is 0. The Hall–Kier alpha value is -1.04. The third-order valence-electron chi connectivity index (χ3n) is 2.42. The molecule has 0 saturated carbocycles. The third-order valence-corrected chi connectivity index (χ3v) is 2.42. The van der Waals surface area contributed by atoms with E-state index >= 15 is 0 Å². The first-order valence-electron chi connectivity index (χ1n) is 5.68. The summed E-state index contributed by atoms with van der Waals surface area (Å²) in [5.74, 6) is 0.709. The fraction of sp³-hybridized carbons (Fsp3) is 0.833. The minimum Gasteiger partial charge on any atom is -0.341 e. The molecule has 1 amide bonds. The number of rotatable bonds is 6. The van der Waals surface area contributed by atoms with E-state index in [2.05, 4.69) is 19.9 Å². The summed E-state index contributed by atoms with van der Waals surface area (Å²) in [6, 6.07) is 2.09. The van der Waals surface area contributed by atoms with Crippen molar-refractivity contribution in [1.29, 1.82) is 5.26 Å². The van der Waals surface area contributed by atoms with E-state index in [1.807, 2.05) is 18.7 Å². The topological polar surface area (TPSA) is 44.1 Å². The summed E-state index contributed by atoms with van der Waals surface area (Å²) in [5, 5.41) is 8.54. The Labute approximate surface area is 93.1 Å². The van der Waals surface area contributed by atoms with E-state index in [1.165, 1.54) is 0 Å². The van der Waals surface area contributed by atoms with Crippen LogP contribution in [0.15, 0.2) is 0 Å². The lowest BCUT2D eigenvalue weighted by Gasteiger charge is -2.26. The third kappa shape index (κ3) is 5.41. The normalized spacial score (nSPS) is 12.3. The number of hydrogen-bond acceptors (Lipinski definition) is 2. The van der Waals surface area contributed by atoms with Gasteiger partial charge in [0.2, 0.25) is 5.91 Å². The zero-order valence-corrected chi connectivity index (χ0v) is 10.3. The quantitative estimate of drug-likeness (QED) is 0.676. The number of carbonyl (C=O) groups excluding carboxylic acids is 1. The molecule has 0 saturated heterocycles. The van der Waals surface area contributed by atoms with Crippen LogP contribution < -0.4 is 0 Å². The van der Waals surface area contributed by atoms with Crippen molar-refractivity contribution in [3.8, 4) is 6.07 Å². The van der Waals surface area contributed by atoms with Gasteiger partial charge in [-0.15, -0.1) is 0 Å². The molecule has 0 fully saturated rings. The molecule has 3 nitrogen and oxygen atoms in total. The van der Waals surface area contributed by atoms with Crippen LogP contribution >= 0.6 is 0 Å². The highest BCUT2D eigenvalue weighted by atomic mass is 16.2. The fourth-order valence-electron chi connectivity index (χ4n) is 1.40. The molecule has 0 aliphatic heterocycles. The predicted molar refractivity (Wildman–Crippen MR) is 61.1 cm³/mol. The second-order valence-corrected chi connectivity index (χ2v) is 4.40. The molecule has 0 aliphatic rings. The van der Waals surface area contributed by atoms with E-state index in [-0.39, 0.29) is 11.8 Å². The monoisotopic (exact) mass is 210 g/mol. The fourth-order valence-corrected chi connectivity index (χ4v) is 1.40. The van der Waals surface area contributed by atoms with Gasteiger partial charge in [0.1, 0.15) is 0 Å². The van der Waals surface area contributed by atoms with Crippen molar-refractivity contribution in [2.45, 2.75) is 40.5 Å². The van der Waals surface area contributed by atoms with Crippen molar-refractivity contribution in [2.24, 2.45) is 11.8 Å². The van der Waals surface area contributed by atoms with E-state index in [9.17, 15) is 4.79 Å². The Morgan fingerprint density at radius 2 is 2.00 bits per heavy atom. The van der Waals surface area contributed by atoms with Gasteiger partial charge in [0, 0.05) is 19.0 Å². The van der Waals surface area contributed by atoms with Crippen LogP contribution in [0.5, 0.6) is 0 Å². The molecule has 0 heterocycles. The number of carbonyl (C=O) groups is 1. The maximum atomic E-state index is 11.9. The lowest BCUT2D eigenvalue weighted by Crippen LogP contribution is -2.38. The van der Waals surface area contributed by atoms with Gasteiger partial charge in [-0.25, -0.2) is 0 Å². The molecule has 0 rings (SSSR count). The molecule has 0 aromatic heterocycles. The minimum atomic E-state index is 0.0717. The number of hydrogen-bond donors (Lipinski definition) is 0. The highest BCUT2D eigenvalue weighted by molar-refractivity contribution is 5.78. The van der Waals surface area contributed by atoms with Gasteiger partial charge in [-0.2, -0.15) is 5.26 Å². The van der Waals surface area contributed by atoms with E-state index < -0.39 is 0 Å². The Morgan fingerprint density at radius 1 is 1.40 bits per heavy atom. The first-order valence-corrected chi connectivity index (χ1v) is 5.68. The van der Waals surface area contributed by atoms with Crippen LogP contribution in [0.25, 0.3) is 0 Å². The maximum absolute atomic E-state index is 11.9. The molecule has 86 valence electrons. The molecular weight excluding hydrogens is 188 g/mol. The zero-order chi connectivity index (χ0) is 11.8. The van der Waals surface area contributed by atoms with Crippen molar-refractivity contribution in [2.75, 3.05) is 13.1 Å². The lowest BCUT2D eigenvalue weighted by molar-refractivity contribution is -0.135. The number of nitrogens with zero attached hydrogens (tertiary/aromatic N) is 2. The molecule has 0 N–H and O–H groups in total. The predicted octanol–water partition coefficient (Wildman–Crippen LogP) is 2.43. The molecular formula is C12H22N2O. The van der Waals surface area contributed by atoms with Crippen molar-refractivity contribution < 1.29 is 4.79 Å². The highest BCUT2D eigenvalue weighted by Gasteiger charge is 2.19. The average molecular weight is 210 g/mol. The van der Waals surface area contributed by atoms with Crippen LogP contribution in [0.4, 0.5) is 0 Å². The van der Waals surface area contributed by atoms with E-state index in [1.54, 1.807) is 0 Å². The highest BCUT2D eigenvalue weighted by Crippen LogP contribution is 2.09. The Balaban J connectivity index is 4.34. The minimum absolute atomic E-state index is 0.0717. The Kier molecular flexibility index (Phi) is 6.77. The van der Waals surface area contributed by atoms with Crippen molar-refractivity contribution >= 4 is 5.91 Å². The second-order valence-electron chi connectivity index (χ2n) is 4.40. The first kappa shape index (κ1) is 14.0. The standard InChI is InChI=1S/C12H22N2O/c1-5-11(4)12(15)14(8-6-7-13)9-10(2)3/h10-11H,5-6,8-9H2,1-4H3. The van der Waals surface area contributed by atoms with Crippen LogP contribution in [0.2, 0.25) is 0 Å². The van der Waals surface area contributed by atoms with Crippen LogP contribution in [-0.4, -0.2) is 23.9 Å². The molecule has 0 radical (unpaired) electrons. The van der Waals surface area contributed by atoms with Gasteiger partial charge in [0.05, 0.1) is 12.5 Å². The van der Waals surface area contributed by atoms with E-state index in [0.717, 1.165) is 13.0 Å². The summed E-state index contributed by atoms with van der Waals surface area (Å²) < 4.78 is 0. The summed E-state index contributed by atoms with van der Waals surface area (Å²) in [4.78, 5) is 13.8. The summed E-state index contributed by atoms with van der Waals surface area (Å²) in [7, 11) is 0. The van der Waals surface area contributed by atoms with Crippen LogP contribution in [0, 0.1) is 23.2 Å². The molecule has 15 heavy (non-hydrogen) atoms. The van der Waals surface area contributed by atoms with Gasteiger partial charge in [-0.3, -0.25) is 4.79 Å². The molecule has 0 aromatic rings. The number of amides is 1. The summed E-state index contributed by atoms with van der Waals surface area (Å²) >= 11 is 0. The molecule has 3 heteroatoms. The molecule has 1 atom stereocenters. The molecule has 0 spiro atoms. The molecule has 1 unspecified atom stereocenters. The van der Waals surface area contributed by atoms with Crippen molar-refractivity contribution in [3.63, 3.8) is 0 Å². The largest absolute Gasteiger partial charge is 0.341 e. The lowest BCUT2D eigenvalue weighted by atomic mass is 10.1. The molecule has 0 aliphatic carbocycles. The average Bonchev–Trinajstić information content (AvgIpc) is 2.21. The summed E-state index contributed by atoms with van der Waals surface area (Å²) in [6.07, 6.45) is 1.29. The van der Waals surface area contributed by atoms with Crippen LogP contribution in [0.3, 0.4) is 0 Å². The zero-order valence-electron chi connectivity index (χ0n) is 10.3. The maximum Gasteiger partial charge on any atom is 0.225 e. The smallest absolute Gasteiger partial charge is 0.225 e. The second kappa shape index (κ2) is 7.28. The van der Waals surface area contributed by atoms with Gasteiger partial charge < -0.3 is 4.90 Å². The first-order chi connectivity index (χ1) is 7.02. The molecule has 0 bridgehead atoms.